The lowest BCUT2D eigenvalue weighted by Gasteiger charge is -2.23. The van der Waals surface area contributed by atoms with Gasteiger partial charge < -0.3 is 20.6 Å². The summed E-state index contributed by atoms with van der Waals surface area (Å²) >= 11 is 0. The van der Waals surface area contributed by atoms with Gasteiger partial charge in [0, 0.05) is 28.2 Å². The molecule has 1 amide bonds. The summed E-state index contributed by atoms with van der Waals surface area (Å²) in [6.07, 6.45) is -5.78. The van der Waals surface area contributed by atoms with Gasteiger partial charge in [0.1, 0.15) is 12.1 Å². The number of hydrogen-bond acceptors (Lipinski definition) is 5. The lowest BCUT2D eigenvalue weighted by molar-refractivity contribution is -0.139. The second-order valence-corrected chi connectivity index (χ2v) is 9.56. The maximum atomic E-state index is 13.5. The largest absolute Gasteiger partial charge is 0.480 e. The van der Waals surface area contributed by atoms with E-state index in [-0.39, 0.29) is 29.6 Å². The number of ether oxygens (including phenoxy) is 1. The summed E-state index contributed by atoms with van der Waals surface area (Å²) in [7, 11) is 0. The van der Waals surface area contributed by atoms with E-state index in [0.717, 1.165) is 6.07 Å². The number of carboxylic acids is 1. The molecular formula is C29H24F3N3O5. The van der Waals surface area contributed by atoms with Crippen molar-refractivity contribution in [2.75, 3.05) is 11.4 Å². The number of carboxylic acid groups (broad SMARTS) is 1. The normalized spacial score (nSPS) is 17.1. The molecule has 0 saturated carbocycles. The smallest absolute Gasteiger partial charge is 0.417 e. The van der Waals surface area contributed by atoms with Crippen molar-refractivity contribution in [3.8, 4) is 11.3 Å². The number of benzene rings is 3. The van der Waals surface area contributed by atoms with Crippen LogP contribution in [-0.2, 0) is 15.7 Å². The summed E-state index contributed by atoms with van der Waals surface area (Å²) in [4.78, 5) is 41.2. The highest BCUT2D eigenvalue weighted by molar-refractivity contribution is 5.95. The van der Waals surface area contributed by atoms with Crippen molar-refractivity contribution < 1.29 is 32.6 Å². The molecule has 11 heteroatoms. The highest BCUT2D eigenvalue weighted by Crippen LogP contribution is 2.37. The van der Waals surface area contributed by atoms with E-state index < -0.39 is 47.4 Å². The zero-order chi connectivity index (χ0) is 28.6. The van der Waals surface area contributed by atoms with Crippen LogP contribution in [0, 0.1) is 0 Å². The molecule has 1 saturated heterocycles. The molecule has 3 aromatic carbocycles. The van der Waals surface area contributed by atoms with Crippen molar-refractivity contribution >= 4 is 28.5 Å². The average molecular weight is 552 g/mol. The van der Waals surface area contributed by atoms with Gasteiger partial charge in [-0.3, -0.25) is 14.5 Å². The molecule has 3 unspecified atom stereocenters. The number of H-pyrrole nitrogens is 1. The first-order valence-corrected chi connectivity index (χ1v) is 12.4. The number of alkyl halides is 3. The molecule has 3 atom stereocenters. The van der Waals surface area contributed by atoms with Gasteiger partial charge in [0.15, 0.2) is 0 Å². The number of pyridine rings is 1. The fourth-order valence-corrected chi connectivity index (χ4v) is 5.03. The van der Waals surface area contributed by atoms with Gasteiger partial charge in [-0.2, -0.15) is 13.2 Å². The highest BCUT2D eigenvalue weighted by Gasteiger charge is 2.37. The number of rotatable bonds is 7. The van der Waals surface area contributed by atoms with E-state index in [4.69, 9.17) is 10.5 Å². The van der Waals surface area contributed by atoms with E-state index in [0.29, 0.717) is 16.6 Å². The van der Waals surface area contributed by atoms with E-state index in [1.807, 2.05) is 0 Å². The molecule has 1 fully saturated rings. The van der Waals surface area contributed by atoms with E-state index in [9.17, 15) is 32.7 Å². The van der Waals surface area contributed by atoms with Crippen molar-refractivity contribution in [1.29, 1.82) is 0 Å². The van der Waals surface area contributed by atoms with Crippen molar-refractivity contribution in [2.45, 2.75) is 30.7 Å². The van der Waals surface area contributed by atoms with Crippen molar-refractivity contribution in [3.63, 3.8) is 0 Å². The zero-order valence-corrected chi connectivity index (χ0v) is 20.9. The number of carbonyl (C=O) groups is 2. The molecule has 1 aliphatic rings. The molecule has 0 bridgehead atoms. The first-order chi connectivity index (χ1) is 19.0. The lowest BCUT2D eigenvalue weighted by Crippen LogP contribution is -2.38. The van der Waals surface area contributed by atoms with Crippen LogP contribution in [0.3, 0.4) is 0 Å². The molecule has 4 N–H and O–H groups in total. The second-order valence-electron chi connectivity index (χ2n) is 9.56. The Morgan fingerprint density at radius 2 is 1.75 bits per heavy atom. The minimum atomic E-state index is -4.60. The van der Waals surface area contributed by atoms with Crippen LogP contribution in [0.15, 0.2) is 83.7 Å². The number of aromatic amines is 1. The fraction of sp³-hybridized carbons (Fsp3) is 0.207. The maximum Gasteiger partial charge on any atom is 0.417 e. The third kappa shape index (κ3) is 5.28. The standard InChI is InChI=1S/C29H24F3N3O5/c30-29(31,32)23-9-5-4-8-20(23)24-12-17-10-11-18(13-22(17)26(36)34-24)35-15-19(40-28(35)39)14-21(25(33)27(37)38)16-6-2-1-3-7-16/h1-13,19,21,25H,14-15,33H2,(H,34,36)(H,37,38). The second kappa shape index (κ2) is 10.5. The van der Waals surface area contributed by atoms with Crippen LogP contribution in [-0.4, -0.2) is 40.8 Å². The van der Waals surface area contributed by atoms with Gasteiger partial charge in [-0.1, -0.05) is 54.6 Å². The Labute approximate surface area is 225 Å². The molecule has 5 rings (SSSR count). The number of aliphatic carboxylic acids is 1. The van der Waals surface area contributed by atoms with Crippen LogP contribution < -0.4 is 16.2 Å². The number of nitrogens with one attached hydrogen (secondary N) is 1. The number of aromatic nitrogens is 1. The Hall–Kier alpha value is -4.64. The summed E-state index contributed by atoms with van der Waals surface area (Å²) in [5, 5.41) is 10.1. The summed E-state index contributed by atoms with van der Waals surface area (Å²) in [6, 6.07) is 18.6. The average Bonchev–Trinajstić information content (AvgIpc) is 3.31. The van der Waals surface area contributed by atoms with Crippen LogP contribution in [0.2, 0.25) is 0 Å². The molecule has 40 heavy (non-hydrogen) atoms. The number of anilines is 1. The minimum Gasteiger partial charge on any atom is -0.480 e. The quantitative estimate of drug-likeness (QED) is 0.293. The number of amides is 1. The lowest BCUT2D eigenvalue weighted by atomic mass is 9.87. The van der Waals surface area contributed by atoms with Gasteiger partial charge in [-0.15, -0.1) is 0 Å². The van der Waals surface area contributed by atoms with Gasteiger partial charge in [0.05, 0.1) is 12.1 Å². The Bertz CT molecular complexity index is 1640. The first-order valence-electron chi connectivity index (χ1n) is 12.4. The zero-order valence-electron chi connectivity index (χ0n) is 20.9. The summed E-state index contributed by atoms with van der Waals surface area (Å²) in [6.45, 7) is 0.0922. The van der Waals surface area contributed by atoms with Crippen LogP contribution >= 0.6 is 0 Å². The number of cyclic esters (lactones) is 1. The van der Waals surface area contributed by atoms with Crippen LogP contribution in [0.1, 0.15) is 23.5 Å². The van der Waals surface area contributed by atoms with Crippen molar-refractivity contribution in [1.82, 2.24) is 4.98 Å². The summed E-state index contributed by atoms with van der Waals surface area (Å²) < 4.78 is 46.1. The van der Waals surface area contributed by atoms with Crippen molar-refractivity contribution in [3.05, 3.63) is 100 Å². The number of fused-ring (bicyclic) bond motifs is 1. The van der Waals surface area contributed by atoms with E-state index >= 15 is 0 Å². The van der Waals surface area contributed by atoms with Gasteiger partial charge in [-0.05, 0) is 41.6 Å². The highest BCUT2D eigenvalue weighted by atomic mass is 19.4. The molecule has 1 aliphatic heterocycles. The Kier molecular flexibility index (Phi) is 7.07. The van der Waals surface area contributed by atoms with Crippen LogP contribution in [0.5, 0.6) is 0 Å². The number of nitrogens with zero attached hydrogens (tertiary/aromatic N) is 1. The molecule has 0 radical (unpaired) electrons. The molecule has 4 aromatic rings. The van der Waals surface area contributed by atoms with E-state index in [1.165, 1.54) is 35.2 Å². The SMILES string of the molecule is NC(C(=O)O)C(CC1CN(c2ccc3cc(-c4ccccc4C(F)(F)F)[nH]c(=O)c3c2)C(=O)O1)c1ccccc1. The number of nitrogens with two attached hydrogens (primary N) is 1. The third-order valence-corrected chi connectivity index (χ3v) is 7.00. The maximum absolute atomic E-state index is 13.5. The molecule has 8 nitrogen and oxygen atoms in total. The Morgan fingerprint density at radius 1 is 1.05 bits per heavy atom. The van der Waals surface area contributed by atoms with Gasteiger partial charge in [0.2, 0.25) is 0 Å². The predicted molar refractivity (Wildman–Crippen MR) is 142 cm³/mol. The summed E-state index contributed by atoms with van der Waals surface area (Å²) in [5.41, 5.74) is 5.39. The number of halogens is 3. The first kappa shape index (κ1) is 26.9. The molecule has 0 aliphatic carbocycles. The number of carbonyl (C=O) groups excluding carboxylic acids is 1. The van der Waals surface area contributed by atoms with Gasteiger partial charge in [0.25, 0.3) is 5.56 Å². The number of hydrogen-bond donors (Lipinski definition) is 3. The monoisotopic (exact) mass is 551 g/mol. The van der Waals surface area contributed by atoms with Gasteiger partial charge >= 0.3 is 18.2 Å². The van der Waals surface area contributed by atoms with Crippen LogP contribution in [0.4, 0.5) is 23.7 Å². The Balaban J connectivity index is 1.42. The Morgan fingerprint density at radius 3 is 2.45 bits per heavy atom. The minimum absolute atomic E-state index is 0.0144. The molecule has 206 valence electrons. The van der Waals surface area contributed by atoms with E-state index in [2.05, 4.69) is 4.98 Å². The fourth-order valence-electron chi connectivity index (χ4n) is 5.03. The third-order valence-electron chi connectivity index (χ3n) is 7.00. The topological polar surface area (TPSA) is 126 Å². The molecule has 0 spiro atoms. The molecule has 1 aromatic heterocycles. The summed E-state index contributed by atoms with van der Waals surface area (Å²) in [5.74, 6) is -1.80. The molecular weight excluding hydrogens is 527 g/mol. The van der Waals surface area contributed by atoms with Crippen LogP contribution in [0.25, 0.3) is 22.0 Å². The van der Waals surface area contributed by atoms with Crippen molar-refractivity contribution in [2.24, 2.45) is 5.73 Å². The predicted octanol–water partition coefficient (Wildman–Crippen LogP) is 5.12. The molecule has 2 heterocycles. The van der Waals surface area contributed by atoms with E-state index in [1.54, 1.807) is 42.5 Å². The van der Waals surface area contributed by atoms with Gasteiger partial charge in [-0.25, -0.2) is 4.79 Å².